The Morgan fingerprint density at radius 1 is 1.22 bits per heavy atom. The average molecular weight is 314 g/mol. The summed E-state index contributed by atoms with van der Waals surface area (Å²) in [6.45, 7) is 4.59. The second kappa shape index (κ2) is 8.42. The maximum absolute atomic E-state index is 13.0. The minimum absolute atomic E-state index is 0.0528. The van der Waals surface area contributed by atoms with Gasteiger partial charge in [-0.05, 0) is 56.5 Å². The average Bonchev–Trinajstić information content (AvgIpc) is 2.57. The van der Waals surface area contributed by atoms with Gasteiger partial charge in [-0.25, -0.2) is 4.39 Å². The molecule has 0 N–H and O–H groups in total. The van der Waals surface area contributed by atoms with Gasteiger partial charge in [-0.15, -0.1) is 0 Å². The third-order valence-corrected chi connectivity index (χ3v) is 4.03. The van der Waals surface area contributed by atoms with Crippen LogP contribution >= 0.6 is 0 Å². The van der Waals surface area contributed by atoms with Crippen LogP contribution in [0.4, 0.5) is 4.39 Å². The van der Waals surface area contributed by atoms with E-state index in [9.17, 15) is 9.18 Å². The number of carbonyl (C=O) groups excluding carboxylic acids is 1. The summed E-state index contributed by atoms with van der Waals surface area (Å²) in [7, 11) is 0. The molecule has 0 spiro atoms. The Morgan fingerprint density at radius 2 is 1.96 bits per heavy atom. The minimum atomic E-state index is -0.259. The molecule has 23 heavy (non-hydrogen) atoms. The predicted molar refractivity (Wildman–Crippen MR) is 89.4 cm³/mol. The highest BCUT2D eigenvalue weighted by molar-refractivity contribution is 5.76. The molecule has 1 aromatic carbocycles. The second-order valence-corrected chi connectivity index (χ2v) is 5.58. The normalized spacial score (nSPS) is 12.0. The minimum Gasteiger partial charge on any atom is -0.336 e. The number of nitrogens with zero attached hydrogens (tertiary/aromatic N) is 2. The van der Waals surface area contributed by atoms with Crippen LogP contribution in [0.15, 0.2) is 48.7 Å². The molecule has 1 atom stereocenters. The molecule has 0 aliphatic rings. The number of carbonyl (C=O) groups is 1. The smallest absolute Gasteiger partial charge is 0.223 e. The van der Waals surface area contributed by atoms with E-state index in [0.29, 0.717) is 13.0 Å². The van der Waals surface area contributed by atoms with Crippen LogP contribution in [0.3, 0.4) is 0 Å². The van der Waals surface area contributed by atoms with Crippen molar-refractivity contribution in [3.8, 4) is 0 Å². The third kappa shape index (κ3) is 4.88. The van der Waals surface area contributed by atoms with E-state index in [0.717, 1.165) is 24.1 Å². The first-order chi connectivity index (χ1) is 11.1. The lowest BCUT2D eigenvalue weighted by atomic mass is 10.1. The highest BCUT2D eigenvalue weighted by Crippen LogP contribution is 2.21. The molecule has 0 saturated carbocycles. The van der Waals surface area contributed by atoms with Crippen molar-refractivity contribution in [3.63, 3.8) is 0 Å². The SMILES string of the molecule is CCN(C(=O)CCCc1ccccn1)[C@@H](C)c1ccc(F)cc1. The summed E-state index contributed by atoms with van der Waals surface area (Å²) in [5, 5.41) is 0. The van der Waals surface area contributed by atoms with Crippen LogP contribution < -0.4 is 0 Å². The van der Waals surface area contributed by atoms with Gasteiger partial charge in [0.25, 0.3) is 0 Å². The van der Waals surface area contributed by atoms with Gasteiger partial charge in [-0.2, -0.15) is 0 Å². The van der Waals surface area contributed by atoms with Crippen LogP contribution in [0.1, 0.15) is 44.0 Å². The van der Waals surface area contributed by atoms with Gasteiger partial charge in [-0.3, -0.25) is 9.78 Å². The van der Waals surface area contributed by atoms with Gasteiger partial charge in [0.05, 0.1) is 6.04 Å². The summed E-state index contributed by atoms with van der Waals surface area (Å²) in [6, 6.07) is 12.1. The number of pyridine rings is 1. The van der Waals surface area contributed by atoms with Crippen molar-refractivity contribution in [2.24, 2.45) is 0 Å². The van der Waals surface area contributed by atoms with E-state index in [1.54, 1.807) is 18.3 Å². The van der Waals surface area contributed by atoms with Crippen molar-refractivity contribution in [2.75, 3.05) is 6.54 Å². The number of hydrogen-bond donors (Lipinski definition) is 0. The van der Waals surface area contributed by atoms with Crippen LogP contribution in [0.2, 0.25) is 0 Å². The highest BCUT2D eigenvalue weighted by atomic mass is 19.1. The summed E-state index contributed by atoms with van der Waals surface area (Å²) in [4.78, 5) is 18.6. The monoisotopic (exact) mass is 314 g/mol. The first-order valence-electron chi connectivity index (χ1n) is 8.06. The number of hydrogen-bond acceptors (Lipinski definition) is 2. The Labute approximate surface area is 137 Å². The van der Waals surface area contributed by atoms with Crippen molar-refractivity contribution in [1.82, 2.24) is 9.88 Å². The summed E-state index contributed by atoms with van der Waals surface area (Å²) in [5.41, 5.74) is 1.96. The van der Waals surface area contributed by atoms with Crippen molar-refractivity contribution in [3.05, 3.63) is 65.7 Å². The van der Waals surface area contributed by atoms with Gasteiger partial charge < -0.3 is 4.90 Å². The van der Waals surface area contributed by atoms with E-state index in [1.807, 2.05) is 36.9 Å². The van der Waals surface area contributed by atoms with Gasteiger partial charge in [0.15, 0.2) is 0 Å². The van der Waals surface area contributed by atoms with Crippen molar-refractivity contribution in [2.45, 2.75) is 39.2 Å². The number of benzene rings is 1. The molecule has 0 saturated heterocycles. The fourth-order valence-electron chi connectivity index (χ4n) is 2.70. The quantitative estimate of drug-likeness (QED) is 0.769. The molecule has 2 rings (SSSR count). The molecular weight excluding hydrogens is 291 g/mol. The maximum Gasteiger partial charge on any atom is 0.223 e. The number of aryl methyl sites for hydroxylation is 1. The number of aromatic nitrogens is 1. The number of amides is 1. The molecule has 1 amide bonds. The van der Waals surface area contributed by atoms with Gasteiger partial charge in [0.2, 0.25) is 5.91 Å². The first-order valence-corrected chi connectivity index (χ1v) is 8.06. The summed E-state index contributed by atoms with van der Waals surface area (Å²) in [6.07, 6.45) is 3.85. The molecule has 3 nitrogen and oxygen atoms in total. The van der Waals surface area contributed by atoms with E-state index in [2.05, 4.69) is 4.98 Å². The largest absolute Gasteiger partial charge is 0.336 e. The zero-order chi connectivity index (χ0) is 16.7. The molecule has 0 aliphatic heterocycles. The van der Waals surface area contributed by atoms with Crippen molar-refractivity contribution >= 4 is 5.91 Å². The topological polar surface area (TPSA) is 33.2 Å². The lowest BCUT2D eigenvalue weighted by Crippen LogP contribution is -2.33. The Morgan fingerprint density at radius 3 is 2.57 bits per heavy atom. The van der Waals surface area contributed by atoms with Crippen LogP contribution in [-0.4, -0.2) is 22.3 Å². The first kappa shape index (κ1) is 17.1. The molecule has 0 unspecified atom stereocenters. The Bertz CT molecular complexity index is 613. The standard InChI is InChI=1S/C19H23FN2O/c1-3-22(15(2)16-10-12-17(20)13-11-16)19(23)9-6-8-18-7-4-5-14-21-18/h4-5,7,10-15H,3,6,8-9H2,1-2H3/t15-/m0/s1. The number of rotatable bonds is 7. The van der Waals surface area contributed by atoms with Gasteiger partial charge >= 0.3 is 0 Å². The highest BCUT2D eigenvalue weighted by Gasteiger charge is 2.19. The van der Waals surface area contributed by atoms with E-state index in [1.165, 1.54) is 12.1 Å². The van der Waals surface area contributed by atoms with E-state index in [-0.39, 0.29) is 17.8 Å². The second-order valence-electron chi connectivity index (χ2n) is 5.58. The zero-order valence-electron chi connectivity index (χ0n) is 13.7. The fourth-order valence-corrected chi connectivity index (χ4v) is 2.70. The number of halogens is 1. The van der Waals surface area contributed by atoms with Crippen LogP contribution in [0.25, 0.3) is 0 Å². The van der Waals surface area contributed by atoms with E-state index < -0.39 is 0 Å². The van der Waals surface area contributed by atoms with Crippen LogP contribution in [0, 0.1) is 5.82 Å². The molecule has 0 fully saturated rings. The van der Waals surface area contributed by atoms with Gasteiger partial charge in [0.1, 0.15) is 5.82 Å². The van der Waals surface area contributed by atoms with Gasteiger partial charge in [0, 0.05) is 24.9 Å². The zero-order valence-corrected chi connectivity index (χ0v) is 13.7. The Kier molecular flexibility index (Phi) is 6.27. The Hall–Kier alpha value is -2.23. The molecular formula is C19H23FN2O. The Balaban J connectivity index is 1.91. The molecule has 1 heterocycles. The molecule has 122 valence electrons. The molecule has 0 bridgehead atoms. The fraction of sp³-hybridized carbons (Fsp3) is 0.368. The van der Waals surface area contributed by atoms with E-state index >= 15 is 0 Å². The van der Waals surface area contributed by atoms with E-state index in [4.69, 9.17) is 0 Å². The third-order valence-electron chi connectivity index (χ3n) is 4.03. The molecule has 0 aliphatic carbocycles. The molecule has 0 radical (unpaired) electrons. The lowest BCUT2D eigenvalue weighted by Gasteiger charge is -2.28. The summed E-state index contributed by atoms with van der Waals surface area (Å²) >= 11 is 0. The lowest BCUT2D eigenvalue weighted by molar-refractivity contribution is -0.133. The maximum atomic E-state index is 13.0. The van der Waals surface area contributed by atoms with Crippen molar-refractivity contribution < 1.29 is 9.18 Å². The summed E-state index contributed by atoms with van der Waals surface area (Å²) < 4.78 is 13.0. The van der Waals surface area contributed by atoms with Crippen LogP contribution in [0.5, 0.6) is 0 Å². The van der Waals surface area contributed by atoms with Crippen LogP contribution in [-0.2, 0) is 11.2 Å². The van der Waals surface area contributed by atoms with Crippen molar-refractivity contribution in [1.29, 1.82) is 0 Å². The predicted octanol–water partition coefficient (Wildman–Crippen LogP) is 4.15. The molecule has 4 heteroatoms. The molecule has 1 aromatic heterocycles. The molecule has 2 aromatic rings. The summed E-state index contributed by atoms with van der Waals surface area (Å²) in [5.74, 6) is -0.133. The van der Waals surface area contributed by atoms with Gasteiger partial charge in [-0.1, -0.05) is 18.2 Å².